The third-order valence-electron chi connectivity index (χ3n) is 4.24. The van der Waals surface area contributed by atoms with Gasteiger partial charge in [0.15, 0.2) is 0 Å². The van der Waals surface area contributed by atoms with Gasteiger partial charge in [-0.15, -0.1) is 0 Å². The van der Waals surface area contributed by atoms with Crippen molar-refractivity contribution in [2.75, 3.05) is 12.8 Å². The van der Waals surface area contributed by atoms with Gasteiger partial charge >= 0.3 is 5.97 Å². The van der Waals surface area contributed by atoms with Gasteiger partial charge in [-0.2, -0.15) is 0 Å². The number of esters is 1. The van der Waals surface area contributed by atoms with Crippen LogP contribution in [0, 0.1) is 0 Å². The van der Waals surface area contributed by atoms with E-state index in [4.69, 9.17) is 26.8 Å². The van der Waals surface area contributed by atoms with Crippen molar-refractivity contribution in [2.24, 2.45) is 0 Å². The molecule has 0 aromatic heterocycles. The van der Waals surface area contributed by atoms with Crippen molar-refractivity contribution in [2.45, 2.75) is 43.9 Å². The van der Waals surface area contributed by atoms with Gasteiger partial charge in [0, 0.05) is 18.2 Å². The summed E-state index contributed by atoms with van der Waals surface area (Å²) in [7, 11) is 1.49. The lowest BCUT2D eigenvalue weighted by Gasteiger charge is -2.28. The average molecular weight is 311 g/mol. The predicted molar refractivity (Wildman–Crippen MR) is 80.8 cm³/mol. The number of hydrogen-bond acceptors (Lipinski definition) is 5. The lowest BCUT2D eigenvalue weighted by atomic mass is 10.0. The van der Waals surface area contributed by atoms with Gasteiger partial charge < -0.3 is 20.5 Å². The Bertz CT molecular complexity index is 552. The first-order chi connectivity index (χ1) is 10.1. The fourth-order valence-electron chi connectivity index (χ4n) is 3.21. The second-order valence-corrected chi connectivity index (χ2v) is 6.12. The maximum Gasteiger partial charge on any atom is 0.342 e. The van der Waals surface area contributed by atoms with Crippen LogP contribution < -0.4 is 15.8 Å². The lowest BCUT2D eigenvalue weighted by molar-refractivity contribution is 0.0174. The summed E-state index contributed by atoms with van der Waals surface area (Å²) in [4.78, 5) is 12.4. The van der Waals surface area contributed by atoms with Crippen molar-refractivity contribution in [3.63, 3.8) is 0 Å². The van der Waals surface area contributed by atoms with Crippen LogP contribution in [0.4, 0.5) is 5.69 Å². The molecule has 0 spiro atoms. The van der Waals surface area contributed by atoms with Crippen molar-refractivity contribution in [3.05, 3.63) is 22.7 Å². The number of carbonyl (C=O) groups excluding carboxylic acids is 1. The molecule has 0 saturated carbocycles. The summed E-state index contributed by atoms with van der Waals surface area (Å²) in [5, 5.41) is 3.85. The van der Waals surface area contributed by atoms with E-state index in [1.54, 1.807) is 6.07 Å². The van der Waals surface area contributed by atoms with Gasteiger partial charge in [0.05, 0.1) is 17.8 Å². The van der Waals surface area contributed by atoms with Gasteiger partial charge in [0.25, 0.3) is 0 Å². The Morgan fingerprint density at radius 1 is 1.33 bits per heavy atom. The number of halogens is 1. The van der Waals surface area contributed by atoms with Crippen molar-refractivity contribution in [3.8, 4) is 5.75 Å². The Hall–Kier alpha value is -1.46. The van der Waals surface area contributed by atoms with E-state index in [-0.39, 0.29) is 6.10 Å². The third kappa shape index (κ3) is 2.94. The number of methoxy groups -OCH3 is 1. The van der Waals surface area contributed by atoms with Crippen LogP contribution in [0.2, 0.25) is 5.02 Å². The van der Waals surface area contributed by atoms with E-state index < -0.39 is 5.97 Å². The highest BCUT2D eigenvalue weighted by Gasteiger charge is 2.35. The van der Waals surface area contributed by atoms with E-state index >= 15 is 0 Å². The van der Waals surface area contributed by atoms with E-state index in [2.05, 4.69) is 5.32 Å². The average Bonchev–Trinajstić information content (AvgIpc) is 2.80. The van der Waals surface area contributed by atoms with E-state index in [0.717, 1.165) is 25.7 Å². The predicted octanol–water partition coefficient (Wildman–Crippen LogP) is 2.37. The minimum absolute atomic E-state index is 0.0442. The number of fused-ring (bicyclic) bond motifs is 2. The van der Waals surface area contributed by atoms with E-state index in [0.29, 0.717) is 34.1 Å². The number of anilines is 1. The Morgan fingerprint density at radius 3 is 2.62 bits per heavy atom. The Labute approximate surface area is 128 Å². The molecule has 2 saturated heterocycles. The lowest BCUT2D eigenvalue weighted by Crippen LogP contribution is -2.42. The SMILES string of the molecule is COc1cc(N)c(Cl)cc1C(=O)OC1C[C@H]2CC[C@@H](C1)N2. The molecular weight excluding hydrogens is 292 g/mol. The molecule has 3 rings (SSSR count). The fourth-order valence-corrected chi connectivity index (χ4v) is 3.38. The van der Waals surface area contributed by atoms with Gasteiger partial charge in [-0.3, -0.25) is 0 Å². The summed E-state index contributed by atoms with van der Waals surface area (Å²) in [5.74, 6) is -0.0149. The number of hydrogen-bond donors (Lipinski definition) is 2. The van der Waals surface area contributed by atoms with Crippen LogP contribution in [0.25, 0.3) is 0 Å². The number of rotatable bonds is 3. The molecule has 2 bridgehead atoms. The molecule has 1 aromatic carbocycles. The number of nitrogens with one attached hydrogen (secondary N) is 1. The number of piperidine rings is 1. The highest BCUT2D eigenvalue weighted by Crippen LogP contribution is 2.32. The first kappa shape index (κ1) is 14.5. The molecule has 3 N–H and O–H groups in total. The van der Waals surface area contributed by atoms with Gasteiger partial charge in [0.1, 0.15) is 17.4 Å². The zero-order chi connectivity index (χ0) is 15.0. The summed E-state index contributed by atoms with van der Waals surface area (Å²) in [6.45, 7) is 0. The highest BCUT2D eigenvalue weighted by atomic mass is 35.5. The van der Waals surface area contributed by atoms with Crippen molar-refractivity contribution >= 4 is 23.3 Å². The van der Waals surface area contributed by atoms with Crippen LogP contribution in [0.1, 0.15) is 36.0 Å². The smallest absolute Gasteiger partial charge is 0.342 e. The molecule has 5 nitrogen and oxygen atoms in total. The summed E-state index contributed by atoms with van der Waals surface area (Å²) in [5.41, 5.74) is 6.42. The molecule has 1 unspecified atom stereocenters. The quantitative estimate of drug-likeness (QED) is 0.662. The molecule has 2 heterocycles. The zero-order valence-electron chi connectivity index (χ0n) is 11.9. The Balaban J connectivity index is 1.74. The first-order valence-corrected chi connectivity index (χ1v) is 7.54. The van der Waals surface area contributed by atoms with Gasteiger partial charge in [-0.05, 0) is 31.7 Å². The molecule has 2 aliphatic rings. The maximum absolute atomic E-state index is 12.4. The molecule has 114 valence electrons. The molecule has 21 heavy (non-hydrogen) atoms. The van der Waals surface area contributed by atoms with Crippen LogP contribution in [-0.4, -0.2) is 31.3 Å². The molecule has 6 heteroatoms. The Kier molecular flexibility index (Phi) is 3.95. The number of carbonyl (C=O) groups is 1. The third-order valence-corrected chi connectivity index (χ3v) is 4.57. The molecule has 0 radical (unpaired) electrons. The maximum atomic E-state index is 12.4. The Morgan fingerprint density at radius 2 is 2.00 bits per heavy atom. The standard InChI is InChI=1S/C15H19ClN2O3/c1-20-14-7-13(17)12(16)6-11(14)15(19)21-10-4-8-2-3-9(5-10)18-8/h6-10,18H,2-5,17H2,1H3/t8-,9+,10?. The van der Waals surface area contributed by atoms with Crippen LogP contribution >= 0.6 is 11.6 Å². The van der Waals surface area contributed by atoms with E-state index in [9.17, 15) is 4.79 Å². The van der Waals surface area contributed by atoms with Crippen LogP contribution in [0.5, 0.6) is 5.75 Å². The van der Waals surface area contributed by atoms with Gasteiger partial charge in [-0.25, -0.2) is 4.79 Å². The van der Waals surface area contributed by atoms with Crippen molar-refractivity contribution < 1.29 is 14.3 Å². The van der Waals surface area contributed by atoms with E-state index in [1.165, 1.54) is 13.2 Å². The van der Waals surface area contributed by atoms with Gasteiger partial charge in [-0.1, -0.05) is 11.6 Å². The van der Waals surface area contributed by atoms with Crippen molar-refractivity contribution in [1.29, 1.82) is 0 Å². The minimum Gasteiger partial charge on any atom is -0.496 e. The number of benzene rings is 1. The largest absolute Gasteiger partial charge is 0.496 e. The summed E-state index contributed by atoms with van der Waals surface area (Å²) in [6, 6.07) is 4.00. The zero-order valence-corrected chi connectivity index (χ0v) is 12.7. The molecule has 2 fully saturated rings. The molecule has 0 aliphatic carbocycles. The molecule has 3 atom stereocenters. The second-order valence-electron chi connectivity index (χ2n) is 5.71. The summed E-state index contributed by atoms with van der Waals surface area (Å²) >= 11 is 5.99. The molecule has 0 amide bonds. The first-order valence-electron chi connectivity index (χ1n) is 7.17. The number of nitrogen functional groups attached to an aromatic ring is 1. The van der Waals surface area contributed by atoms with Crippen LogP contribution in [0.3, 0.4) is 0 Å². The molecule has 1 aromatic rings. The topological polar surface area (TPSA) is 73.6 Å². The van der Waals surface area contributed by atoms with Crippen molar-refractivity contribution in [1.82, 2.24) is 5.32 Å². The second kappa shape index (κ2) is 5.73. The normalized spacial score (nSPS) is 27.4. The monoisotopic (exact) mass is 310 g/mol. The summed E-state index contributed by atoms with van der Waals surface area (Å²) in [6.07, 6.45) is 4.02. The van der Waals surface area contributed by atoms with Gasteiger partial charge in [0.2, 0.25) is 0 Å². The van der Waals surface area contributed by atoms with E-state index in [1.807, 2.05) is 0 Å². The number of nitrogens with two attached hydrogens (primary N) is 1. The fraction of sp³-hybridized carbons (Fsp3) is 0.533. The highest BCUT2D eigenvalue weighted by molar-refractivity contribution is 6.33. The van der Waals surface area contributed by atoms with Crippen LogP contribution in [0.15, 0.2) is 12.1 Å². The van der Waals surface area contributed by atoms with Crippen LogP contribution in [-0.2, 0) is 4.74 Å². The molecule has 2 aliphatic heterocycles. The summed E-state index contributed by atoms with van der Waals surface area (Å²) < 4.78 is 10.8. The molecular formula is C15H19ClN2O3. The number of ether oxygens (including phenoxy) is 2. The minimum atomic E-state index is -0.403.